The molecule has 1 saturated heterocycles. The Balaban J connectivity index is 1.40. The largest absolute Gasteiger partial charge is 0.467 e. The summed E-state index contributed by atoms with van der Waals surface area (Å²) >= 11 is 1.68. The summed E-state index contributed by atoms with van der Waals surface area (Å²) < 4.78 is 5.22. The standard InChI is InChI=1S/C16H22N4O2S/c1-12(15(21)18-11-14-3-2-9-22-14)19-13-4-7-20(8-5-13)16-17-6-10-23-16/h2-3,6,9-10,12-13,19H,4-5,7-8,11H2,1H3,(H,18,21). The van der Waals surface area contributed by atoms with Crippen LogP contribution < -0.4 is 15.5 Å². The Morgan fingerprint density at radius 3 is 3.00 bits per heavy atom. The van der Waals surface area contributed by atoms with Gasteiger partial charge < -0.3 is 20.0 Å². The number of carbonyl (C=O) groups is 1. The van der Waals surface area contributed by atoms with E-state index in [1.807, 2.05) is 30.6 Å². The number of amides is 1. The SMILES string of the molecule is CC(NC1CCN(c2nccs2)CC1)C(=O)NCc1ccco1. The van der Waals surface area contributed by atoms with Gasteiger partial charge in [-0.1, -0.05) is 0 Å². The van der Waals surface area contributed by atoms with Gasteiger partial charge in [-0.25, -0.2) is 4.98 Å². The van der Waals surface area contributed by atoms with E-state index in [0.29, 0.717) is 12.6 Å². The van der Waals surface area contributed by atoms with E-state index in [2.05, 4.69) is 20.5 Å². The van der Waals surface area contributed by atoms with E-state index in [-0.39, 0.29) is 11.9 Å². The molecule has 0 aromatic carbocycles. The molecule has 1 atom stereocenters. The van der Waals surface area contributed by atoms with E-state index in [9.17, 15) is 4.79 Å². The van der Waals surface area contributed by atoms with Crippen LogP contribution in [0.5, 0.6) is 0 Å². The highest BCUT2D eigenvalue weighted by Crippen LogP contribution is 2.22. The number of thiazole rings is 1. The second-order valence-electron chi connectivity index (χ2n) is 5.76. The van der Waals surface area contributed by atoms with Gasteiger partial charge >= 0.3 is 0 Å². The van der Waals surface area contributed by atoms with Crippen molar-refractivity contribution in [2.24, 2.45) is 0 Å². The van der Waals surface area contributed by atoms with Crippen LogP contribution in [0.15, 0.2) is 34.4 Å². The van der Waals surface area contributed by atoms with Crippen LogP contribution in [0.2, 0.25) is 0 Å². The molecule has 7 heteroatoms. The first-order valence-corrected chi connectivity index (χ1v) is 8.81. The summed E-state index contributed by atoms with van der Waals surface area (Å²) in [6.07, 6.45) is 5.50. The number of nitrogens with one attached hydrogen (secondary N) is 2. The third kappa shape index (κ3) is 4.33. The van der Waals surface area contributed by atoms with Crippen molar-refractivity contribution >= 4 is 22.4 Å². The number of rotatable bonds is 6. The molecular formula is C16H22N4O2S. The zero-order valence-corrected chi connectivity index (χ0v) is 14.0. The van der Waals surface area contributed by atoms with Gasteiger partial charge in [0.2, 0.25) is 5.91 Å². The Bertz CT molecular complexity index is 592. The minimum Gasteiger partial charge on any atom is -0.467 e. The van der Waals surface area contributed by atoms with Crippen molar-refractivity contribution < 1.29 is 9.21 Å². The number of hydrogen-bond acceptors (Lipinski definition) is 6. The lowest BCUT2D eigenvalue weighted by atomic mass is 10.0. The van der Waals surface area contributed by atoms with Crippen LogP contribution in [-0.2, 0) is 11.3 Å². The van der Waals surface area contributed by atoms with E-state index in [1.54, 1.807) is 17.6 Å². The highest BCUT2D eigenvalue weighted by molar-refractivity contribution is 7.13. The van der Waals surface area contributed by atoms with Crippen molar-refractivity contribution in [2.75, 3.05) is 18.0 Å². The first kappa shape index (κ1) is 16.0. The quantitative estimate of drug-likeness (QED) is 0.845. The Hall–Kier alpha value is -1.86. The van der Waals surface area contributed by atoms with Crippen LogP contribution in [-0.4, -0.2) is 36.1 Å². The molecule has 1 fully saturated rings. The summed E-state index contributed by atoms with van der Waals surface area (Å²) in [6.45, 7) is 4.29. The number of aromatic nitrogens is 1. The molecule has 0 bridgehead atoms. The molecular weight excluding hydrogens is 312 g/mol. The zero-order chi connectivity index (χ0) is 16.1. The minimum atomic E-state index is -0.207. The fourth-order valence-electron chi connectivity index (χ4n) is 2.78. The molecule has 0 spiro atoms. The smallest absolute Gasteiger partial charge is 0.237 e. The van der Waals surface area contributed by atoms with Crippen molar-refractivity contribution in [3.63, 3.8) is 0 Å². The van der Waals surface area contributed by atoms with Crippen LogP contribution >= 0.6 is 11.3 Å². The molecule has 3 heterocycles. The third-order valence-corrected chi connectivity index (χ3v) is 4.91. The van der Waals surface area contributed by atoms with Gasteiger partial charge in [0.15, 0.2) is 5.13 Å². The first-order valence-electron chi connectivity index (χ1n) is 7.93. The van der Waals surface area contributed by atoms with Gasteiger partial charge in [-0.2, -0.15) is 0 Å². The van der Waals surface area contributed by atoms with E-state index in [1.165, 1.54) is 0 Å². The van der Waals surface area contributed by atoms with Gasteiger partial charge in [0, 0.05) is 30.7 Å². The van der Waals surface area contributed by atoms with E-state index in [4.69, 9.17) is 4.42 Å². The van der Waals surface area contributed by atoms with Crippen LogP contribution in [0, 0.1) is 0 Å². The zero-order valence-electron chi connectivity index (χ0n) is 13.2. The number of hydrogen-bond donors (Lipinski definition) is 2. The fraction of sp³-hybridized carbons (Fsp3) is 0.500. The predicted octanol–water partition coefficient (Wildman–Crippen LogP) is 2.00. The molecule has 1 amide bonds. The predicted molar refractivity (Wildman–Crippen MR) is 90.5 cm³/mol. The summed E-state index contributed by atoms with van der Waals surface area (Å²) in [5.74, 6) is 0.769. The second-order valence-corrected chi connectivity index (χ2v) is 6.63. The third-order valence-electron chi connectivity index (χ3n) is 4.08. The maximum atomic E-state index is 12.1. The molecule has 1 unspecified atom stereocenters. The summed E-state index contributed by atoms with van der Waals surface area (Å²) in [5, 5.41) is 9.42. The second kappa shape index (κ2) is 7.61. The molecule has 0 aliphatic carbocycles. The van der Waals surface area contributed by atoms with Crippen molar-refractivity contribution in [1.29, 1.82) is 0 Å². The molecule has 3 rings (SSSR count). The highest BCUT2D eigenvalue weighted by atomic mass is 32.1. The summed E-state index contributed by atoms with van der Waals surface area (Å²) in [6, 6.07) is 3.84. The normalized spacial score (nSPS) is 17.2. The molecule has 1 aliphatic heterocycles. The molecule has 2 aromatic rings. The Labute approximate surface area is 139 Å². The molecule has 1 aliphatic rings. The van der Waals surface area contributed by atoms with Crippen LogP contribution in [0.4, 0.5) is 5.13 Å². The average molecular weight is 334 g/mol. The van der Waals surface area contributed by atoms with E-state index < -0.39 is 0 Å². The van der Waals surface area contributed by atoms with Crippen LogP contribution in [0.25, 0.3) is 0 Å². The Morgan fingerprint density at radius 1 is 1.52 bits per heavy atom. The monoisotopic (exact) mass is 334 g/mol. The van der Waals surface area contributed by atoms with Crippen molar-refractivity contribution in [1.82, 2.24) is 15.6 Å². The van der Waals surface area contributed by atoms with Crippen molar-refractivity contribution in [3.05, 3.63) is 35.7 Å². The Kier molecular flexibility index (Phi) is 5.30. The Morgan fingerprint density at radius 2 is 2.35 bits per heavy atom. The maximum absolute atomic E-state index is 12.1. The summed E-state index contributed by atoms with van der Waals surface area (Å²) in [5.41, 5.74) is 0. The molecule has 2 aromatic heterocycles. The topological polar surface area (TPSA) is 70.4 Å². The number of nitrogens with zero attached hydrogens (tertiary/aromatic N) is 2. The minimum absolute atomic E-state index is 0.00348. The van der Waals surface area contributed by atoms with Gasteiger partial charge in [-0.05, 0) is 31.9 Å². The van der Waals surface area contributed by atoms with Gasteiger partial charge in [0.05, 0.1) is 18.8 Å². The first-order chi connectivity index (χ1) is 11.2. The number of piperidine rings is 1. The maximum Gasteiger partial charge on any atom is 0.237 e. The number of anilines is 1. The molecule has 124 valence electrons. The lowest BCUT2D eigenvalue weighted by Crippen LogP contribution is -2.50. The van der Waals surface area contributed by atoms with Gasteiger partial charge in [0.25, 0.3) is 0 Å². The van der Waals surface area contributed by atoms with Crippen LogP contribution in [0.1, 0.15) is 25.5 Å². The molecule has 23 heavy (non-hydrogen) atoms. The summed E-state index contributed by atoms with van der Waals surface area (Å²) in [7, 11) is 0. The van der Waals surface area contributed by atoms with E-state index >= 15 is 0 Å². The highest BCUT2D eigenvalue weighted by Gasteiger charge is 2.23. The number of furan rings is 1. The van der Waals surface area contributed by atoms with Crippen molar-refractivity contribution in [3.8, 4) is 0 Å². The molecule has 0 radical (unpaired) electrons. The lowest BCUT2D eigenvalue weighted by Gasteiger charge is -2.33. The summed E-state index contributed by atoms with van der Waals surface area (Å²) in [4.78, 5) is 18.8. The van der Waals surface area contributed by atoms with Crippen molar-refractivity contribution in [2.45, 2.75) is 38.4 Å². The molecule has 2 N–H and O–H groups in total. The van der Waals surface area contributed by atoms with Gasteiger partial charge in [0.1, 0.15) is 5.76 Å². The number of carbonyl (C=O) groups excluding carboxylic acids is 1. The van der Waals surface area contributed by atoms with E-state index in [0.717, 1.165) is 36.8 Å². The van der Waals surface area contributed by atoms with Crippen LogP contribution in [0.3, 0.4) is 0 Å². The van der Waals surface area contributed by atoms with Gasteiger partial charge in [-0.3, -0.25) is 4.79 Å². The molecule has 0 saturated carbocycles. The average Bonchev–Trinajstić information content (AvgIpc) is 3.26. The molecule has 6 nitrogen and oxygen atoms in total. The fourth-order valence-corrected chi connectivity index (χ4v) is 3.48. The van der Waals surface area contributed by atoms with Gasteiger partial charge in [-0.15, -0.1) is 11.3 Å². The lowest BCUT2D eigenvalue weighted by molar-refractivity contribution is -0.123.